The molecule has 4 aliphatic carbocycles. The molecular formula is C28H23ClFNO4. The number of benzene rings is 3. The molecule has 1 amide bonds. The molecule has 0 saturated heterocycles. The first-order valence-electron chi connectivity index (χ1n) is 11.6. The van der Waals surface area contributed by atoms with Crippen LogP contribution >= 0.6 is 11.6 Å². The summed E-state index contributed by atoms with van der Waals surface area (Å²) in [6.45, 7) is 0.113. The van der Waals surface area contributed by atoms with E-state index < -0.39 is 23.5 Å². The maximum atomic E-state index is 13.8. The smallest absolute Gasteiger partial charge is 0.407 e. The Morgan fingerprint density at radius 1 is 1.03 bits per heavy atom. The zero-order valence-electron chi connectivity index (χ0n) is 18.8. The van der Waals surface area contributed by atoms with Gasteiger partial charge in [-0.05, 0) is 70.7 Å². The van der Waals surface area contributed by atoms with Gasteiger partial charge in [0.1, 0.15) is 18.5 Å². The third kappa shape index (κ3) is 3.34. The van der Waals surface area contributed by atoms with Crippen molar-refractivity contribution in [2.24, 2.45) is 5.41 Å². The van der Waals surface area contributed by atoms with Crippen molar-refractivity contribution in [1.29, 1.82) is 0 Å². The van der Waals surface area contributed by atoms with Crippen molar-refractivity contribution in [1.82, 2.24) is 5.32 Å². The Morgan fingerprint density at radius 3 is 2.23 bits per heavy atom. The zero-order chi connectivity index (χ0) is 24.4. The van der Waals surface area contributed by atoms with Crippen LogP contribution in [0.4, 0.5) is 9.18 Å². The fourth-order valence-electron chi connectivity index (χ4n) is 6.60. The van der Waals surface area contributed by atoms with Gasteiger partial charge in [-0.2, -0.15) is 0 Å². The first-order valence-corrected chi connectivity index (χ1v) is 12.0. The van der Waals surface area contributed by atoms with Crippen LogP contribution in [0.3, 0.4) is 0 Å². The fourth-order valence-corrected chi connectivity index (χ4v) is 6.91. The number of fused-ring (bicyclic) bond motifs is 3. The van der Waals surface area contributed by atoms with Crippen molar-refractivity contribution in [2.75, 3.05) is 6.61 Å². The molecule has 3 saturated carbocycles. The van der Waals surface area contributed by atoms with Crippen LogP contribution in [0, 0.1) is 11.2 Å². The summed E-state index contributed by atoms with van der Waals surface area (Å²) in [5, 5.41) is 13.0. The lowest BCUT2D eigenvalue weighted by molar-refractivity contribution is -0.183. The molecule has 35 heavy (non-hydrogen) atoms. The minimum atomic E-state index is -1.10. The number of nitrogens with one attached hydrogen (secondary N) is 1. The highest BCUT2D eigenvalue weighted by molar-refractivity contribution is 6.31. The molecule has 3 aromatic rings. The van der Waals surface area contributed by atoms with E-state index in [-0.39, 0.29) is 23.8 Å². The van der Waals surface area contributed by atoms with Gasteiger partial charge in [-0.3, -0.25) is 0 Å². The van der Waals surface area contributed by atoms with Crippen LogP contribution in [0.2, 0.25) is 5.02 Å². The number of halogens is 2. The third-order valence-corrected chi connectivity index (χ3v) is 8.37. The van der Waals surface area contributed by atoms with Crippen molar-refractivity contribution in [3.63, 3.8) is 0 Å². The van der Waals surface area contributed by atoms with Gasteiger partial charge in [-0.1, -0.05) is 60.1 Å². The highest BCUT2D eigenvalue weighted by Gasteiger charge is 2.73. The van der Waals surface area contributed by atoms with Crippen molar-refractivity contribution >= 4 is 23.7 Å². The van der Waals surface area contributed by atoms with E-state index in [4.69, 9.17) is 16.3 Å². The molecule has 7 rings (SSSR count). The third-order valence-electron chi connectivity index (χ3n) is 8.04. The standard InChI is InChI=1S/C28H23ClFNO4/c29-23-10-9-16(30)11-22(23)27-13-28(14-27,15-27)24(25(32)33)31-26(34)35-12-21-19-7-3-1-5-17(19)18-6-2-4-8-20(18)21/h1-11,21,24H,12-15H2,(H,31,34)(H,32,33). The first kappa shape index (κ1) is 22.1. The Bertz CT molecular complexity index is 1310. The largest absolute Gasteiger partial charge is 0.480 e. The van der Waals surface area contributed by atoms with Crippen molar-refractivity contribution in [2.45, 2.75) is 36.6 Å². The maximum absolute atomic E-state index is 13.8. The summed E-state index contributed by atoms with van der Waals surface area (Å²) in [7, 11) is 0. The number of carbonyl (C=O) groups is 2. The SMILES string of the molecule is O=C(NC(C(=O)O)C12CC(c3cc(F)ccc3Cl)(C1)C2)OCC1c2ccccc2-c2ccccc21. The number of carboxylic acid groups (broad SMARTS) is 1. The molecule has 1 atom stereocenters. The highest BCUT2D eigenvalue weighted by atomic mass is 35.5. The topological polar surface area (TPSA) is 75.6 Å². The van der Waals surface area contributed by atoms with Gasteiger partial charge in [-0.15, -0.1) is 0 Å². The molecule has 0 spiro atoms. The van der Waals surface area contributed by atoms with E-state index in [9.17, 15) is 19.1 Å². The molecule has 1 unspecified atom stereocenters. The molecule has 5 nitrogen and oxygen atoms in total. The lowest BCUT2D eigenvalue weighted by atomic mass is 9.31. The minimum absolute atomic E-state index is 0.107. The van der Waals surface area contributed by atoms with Crippen LogP contribution in [0.15, 0.2) is 66.7 Å². The number of alkyl carbamates (subject to hydrolysis) is 1. The molecule has 178 valence electrons. The molecule has 0 aromatic heterocycles. The molecule has 3 fully saturated rings. The van der Waals surface area contributed by atoms with Crippen molar-refractivity contribution in [3.8, 4) is 11.1 Å². The summed E-state index contributed by atoms with van der Waals surface area (Å²) in [5.74, 6) is -1.57. The highest BCUT2D eigenvalue weighted by Crippen LogP contribution is 2.75. The van der Waals surface area contributed by atoms with Gasteiger partial charge in [0, 0.05) is 16.4 Å². The van der Waals surface area contributed by atoms with E-state index in [0.29, 0.717) is 29.8 Å². The number of carbonyl (C=O) groups excluding carboxylic acids is 1. The lowest BCUT2D eigenvalue weighted by Gasteiger charge is -2.72. The average molecular weight is 492 g/mol. The van der Waals surface area contributed by atoms with Gasteiger partial charge in [0.05, 0.1) is 0 Å². The van der Waals surface area contributed by atoms with Crippen LogP contribution in [-0.2, 0) is 14.9 Å². The maximum Gasteiger partial charge on any atom is 0.407 e. The molecule has 0 aliphatic heterocycles. The van der Waals surface area contributed by atoms with Gasteiger partial charge in [0.2, 0.25) is 0 Å². The van der Waals surface area contributed by atoms with E-state index in [0.717, 1.165) is 22.3 Å². The number of aliphatic carboxylic acids is 1. The van der Waals surface area contributed by atoms with Gasteiger partial charge in [0.15, 0.2) is 0 Å². The summed E-state index contributed by atoms with van der Waals surface area (Å²) in [5.41, 5.74) is 4.23. The summed E-state index contributed by atoms with van der Waals surface area (Å²) >= 11 is 6.29. The predicted molar refractivity (Wildman–Crippen MR) is 129 cm³/mol. The summed E-state index contributed by atoms with van der Waals surface area (Å²) in [4.78, 5) is 24.8. The normalized spacial score (nSPS) is 24.4. The second-order valence-corrected chi connectivity index (χ2v) is 10.4. The Morgan fingerprint density at radius 2 is 1.63 bits per heavy atom. The number of hydrogen-bond donors (Lipinski definition) is 2. The zero-order valence-corrected chi connectivity index (χ0v) is 19.5. The quantitative estimate of drug-likeness (QED) is 0.450. The fraction of sp³-hybridized carbons (Fsp3) is 0.286. The lowest BCUT2D eigenvalue weighted by Crippen LogP contribution is -2.73. The molecule has 0 radical (unpaired) electrons. The molecule has 2 N–H and O–H groups in total. The van der Waals surface area contributed by atoms with Gasteiger partial charge in [-0.25, -0.2) is 14.0 Å². The Hall–Kier alpha value is -3.38. The van der Waals surface area contributed by atoms with Gasteiger partial charge in [0.25, 0.3) is 0 Å². The minimum Gasteiger partial charge on any atom is -0.480 e. The Balaban J connectivity index is 1.13. The molecule has 7 heteroatoms. The van der Waals surface area contributed by atoms with E-state index in [2.05, 4.69) is 17.4 Å². The number of ether oxygens (including phenoxy) is 1. The van der Waals surface area contributed by atoms with Crippen LogP contribution in [0.25, 0.3) is 11.1 Å². The van der Waals surface area contributed by atoms with Crippen molar-refractivity contribution in [3.05, 3.63) is 94.3 Å². The summed E-state index contributed by atoms with van der Waals surface area (Å²) in [6.07, 6.45) is 0.846. The van der Waals surface area contributed by atoms with Crippen LogP contribution in [-0.4, -0.2) is 29.8 Å². The molecule has 3 aromatic carbocycles. The number of carboxylic acids is 1. The summed E-state index contributed by atoms with van der Waals surface area (Å²) in [6, 6.07) is 19.2. The number of rotatable bonds is 6. The van der Waals surface area contributed by atoms with Gasteiger partial charge >= 0.3 is 12.1 Å². The second kappa shape index (κ2) is 7.82. The Kier molecular flexibility index (Phi) is 4.94. The predicted octanol–water partition coefficient (Wildman–Crippen LogP) is 5.89. The number of amides is 1. The molecule has 2 bridgehead atoms. The number of hydrogen-bond acceptors (Lipinski definition) is 3. The van der Waals surface area contributed by atoms with Gasteiger partial charge < -0.3 is 15.2 Å². The summed E-state index contributed by atoms with van der Waals surface area (Å²) < 4.78 is 19.3. The molecule has 4 aliphatic rings. The second-order valence-electron chi connectivity index (χ2n) is 10.0. The van der Waals surface area contributed by atoms with E-state index in [1.54, 1.807) is 0 Å². The Labute approximate surface area is 206 Å². The average Bonchev–Trinajstić information content (AvgIpc) is 3.11. The first-order chi connectivity index (χ1) is 16.8. The molecular weight excluding hydrogens is 469 g/mol. The van der Waals surface area contributed by atoms with Crippen LogP contribution in [0.1, 0.15) is 41.9 Å². The molecule has 0 heterocycles. The van der Waals surface area contributed by atoms with Crippen molar-refractivity contribution < 1.29 is 23.8 Å². The van der Waals surface area contributed by atoms with E-state index >= 15 is 0 Å². The van der Waals surface area contributed by atoms with E-state index in [1.807, 2.05) is 36.4 Å². The van der Waals surface area contributed by atoms with Crippen LogP contribution < -0.4 is 5.32 Å². The monoisotopic (exact) mass is 491 g/mol. The van der Waals surface area contributed by atoms with Crippen LogP contribution in [0.5, 0.6) is 0 Å². The van der Waals surface area contributed by atoms with E-state index in [1.165, 1.54) is 18.2 Å².